The minimum absolute atomic E-state index is 0.0854. The first-order valence-electron chi connectivity index (χ1n) is 6.89. The number of carbonyl (C=O) groups is 1. The van der Waals surface area contributed by atoms with Crippen LogP contribution in [0.1, 0.15) is 29.0 Å². The van der Waals surface area contributed by atoms with E-state index in [0.29, 0.717) is 22.8 Å². The van der Waals surface area contributed by atoms with Crippen molar-refractivity contribution < 1.29 is 4.79 Å². The van der Waals surface area contributed by atoms with Gasteiger partial charge in [-0.3, -0.25) is 4.79 Å². The highest BCUT2D eigenvalue weighted by Crippen LogP contribution is 2.32. The molecule has 0 unspecified atom stereocenters. The van der Waals surface area contributed by atoms with E-state index in [9.17, 15) is 4.79 Å². The molecule has 1 heterocycles. The Morgan fingerprint density at radius 3 is 2.90 bits per heavy atom. The molecule has 0 bridgehead atoms. The molecule has 1 aromatic heterocycles. The predicted octanol–water partition coefficient (Wildman–Crippen LogP) is 2.46. The van der Waals surface area contributed by atoms with Gasteiger partial charge >= 0.3 is 0 Å². The van der Waals surface area contributed by atoms with Crippen LogP contribution >= 0.6 is 11.6 Å². The summed E-state index contributed by atoms with van der Waals surface area (Å²) in [5.74, 6) is 0.771. The van der Waals surface area contributed by atoms with Crippen molar-refractivity contribution in [2.75, 3.05) is 5.73 Å². The lowest BCUT2D eigenvalue weighted by molar-refractivity contribution is 0.0724. The lowest BCUT2D eigenvalue weighted by Crippen LogP contribution is -2.33. The summed E-state index contributed by atoms with van der Waals surface area (Å²) in [6, 6.07) is 5.43. The molecule has 0 aliphatic heterocycles. The fraction of sp³-hybridized carbons (Fsp3) is 0.333. The Morgan fingerprint density at radius 1 is 1.52 bits per heavy atom. The number of anilines is 1. The van der Waals surface area contributed by atoms with E-state index in [1.54, 1.807) is 24.4 Å². The molecular formula is C15H17ClN4O. The number of halogens is 1. The minimum Gasteiger partial charge on any atom is -0.398 e. The molecule has 1 aliphatic rings. The normalized spacial score (nSPS) is 14.2. The highest BCUT2D eigenvalue weighted by atomic mass is 35.5. The van der Waals surface area contributed by atoms with Crippen LogP contribution in [0.15, 0.2) is 30.6 Å². The third kappa shape index (κ3) is 2.74. The molecule has 2 N–H and O–H groups in total. The maximum Gasteiger partial charge on any atom is 0.256 e. The smallest absolute Gasteiger partial charge is 0.256 e. The zero-order chi connectivity index (χ0) is 15.0. The molecular weight excluding hydrogens is 288 g/mol. The number of hydrogen-bond donors (Lipinski definition) is 1. The fourth-order valence-corrected chi connectivity index (χ4v) is 2.53. The molecule has 1 saturated carbocycles. The van der Waals surface area contributed by atoms with Gasteiger partial charge in [-0.05, 0) is 25.0 Å². The lowest BCUT2D eigenvalue weighted by atomic mass is 10.1. The monoisotopic (exact) mass is 304 g/mol. The van der Waals surface area contributed by atoms with Crippen molar-refractivity contribution >= 4 is 23.2 Å². The van der Waals surface area contributed by atoms with Gasteiger partial charge in [0.2, 0.25) is 0 Å². The van der Waals surface area contributed by atoms with E-state index < -0.39 is 0 Å². The first-order chi connectivity index (χ1) is 10.1. The molecule has 0 radical (unpaired) electrons. The van der Waals surface area contributed by atoms with Crippen molar-refractivity contribution in [1.29, 1.82) is 0 Å². The molecule has 1 aliphatic carbocycles. The number of aryl methyl sites for hydroxylation is 1. The van der Waals surface area contributed by atoms with E-state index in [1.807, 2.05) is 22.7 Å². The first kappa shape index (κ1) is 13.9. The molecule has 0 saturated heterocycles. The topological polar surface area (TPSA) is 64.2 Å². The SMILES string of the molecule is Cn1ccnc1CN(C(=O)c1cccc(N)c1Cl)C1CC1. The summed E-state index contributed by atoms with van der Waals surface area (Å²) in [5, 5.41) is 0.327. The molecule has 2 aromatic rings. The summed E-state index contributed by atoms with van der Waals surface area (Å²) in [6.07, 6.45) is 5.66. The zero-order valence-electron chi connectivity index (χ0n) is 11.8. The van der Waals surface area contributed by atoms with Gasteiger partial charge in [0, 0.05) is 25.5 Å². The van der Waals surface area contributed by atoms with Gasteiger partial charge in [-0.15, -0.1) is 0 Å². The van der Waals surface area contributed by atoms with Crippen LogP contribution in [-0.4, -0.2) is 26.4 Å². The van der Waals surface area contributed by atoms with Gasteiger partial charge in [0.05, 0.1) is 22.8 Å². The van der Waals surface area contributed by atoms with Crippen LogP contribution in [0, 0.1) is 0 Å². The Bertz CT molecular complexity index is 678. The van der Waals surface area contributed by atoms with Gasteiger partial charge < -0.3 is 15.2 Å². The average Bonchev–Trinajstić information content (AvgIpc) is 3.22. The van der Waals surface area contributed by atoms with Gasteiger partial charge in [0.1, 0.15) is 5.82 Å². The van der Waals surface area contributed by atoms with Gasteiger partial charge in [0.25, 0.3) is 5.91 Å². The standard InChI is InChI=1S/C15H17ClN4O/c1-19-8-7-18-13(19)9-20(10-5-6-10)15(21)11-3-2-4-12(17)14(11)16/h2-4,7-8,10H,5-6,9,17H2,1H3. The maximum atomic E-state index is 12.8. The molecule has 0 spiro atoms. The molecule has 21 heavy (non-hydrogen) atoms. The fourth-order valence-electron chi connectivity index (χ4n) is 2.32. The Labute approximate surface area is 128 Å². The molecule has 5 nitrogen and oxygen atoms in total. The summed E-state index contributed by atoms with van der Waals surface area (Å²) in [6.45, 7) is 0.484. The van der Waals surface area contributed by atoms with E-state index in [4.69, 9.17) is 17.3 Å². The summed E-state index contributed by atoms with van der Waals surface area (Å²) in [4.78, 5) is 18.9. The van der Waals surface area contributed by atoms with E-state index in [1.165, 1.54) is 0 Å². The summed E-state index contributed by atoms with van der Waals surface area (Å²) < 4.78 is 1.92. The van der Waals surface area contributed by atoms with Crippen molar-refractivity contribution in [1.82, 2.24) is 14.5 Å². The number of imidazole rings is 1. The van der Waals surface area contributed by atoms with E-state index >= 15 is 0 Å². The van der Waals surface area contributed by atoms with Gasteiger partial charge in [0.15, 0.2) is 0 Å². The first-order valence-corrected chi connectivity index (χ1v) is 7.27. The van der Waals surface area contributed by atoms with E-state index in [2.05, 4.69) is 4.98 Å². The average molecular weight is 305 g/mol. The number of nitrogens with two attached hydrogens (primary N) is 1. The summed E-state index contributed by atoms with van der Waals surface area (Å²) in [7, 11) is 1.92. The Morgan fingerprint density at radius 2 is 2.29 bits per heavy atom. The third-order valence-corrected chi connectivity index (χ3v) is 4.16. The van der Waals surface area contributed by atoms with Crippen LogP contribution in [0.5, 0.6) is 0 Å². The number of nitrogen functional groups attached to an aromatic ring is 1. The van der Waals surface area contributed by atoms with Crippen LogP contribution in [0.25, 0.3) is 0 Å². The molecule has 110 valence electrons. The number of hydrogen-bond acceptors (Lipinski definition) is 3. The second-order valence-electron chi connectivity index (χ2n) is 5.33. The molecule has 1 fully saturated rings. The number of carbonyl (C=O) groups excluding carboxylic acids is 1. The van der Waals surface area contributed by atoms with Crippen molar-refractivity contribution in [3.63, 3.8) is 0 Å². The predicted molar refractivity (Wildman–Crippen MR) is 82.0 cm³/mol. The number of nitrogens with zero attached hydrogens (tertiary/aromatic N) is 3. The van der Waals surface area contributed by atoms with Crippen LogP contribution in [0.3, 0.4) is 0 Å². The number of amides is 1. The van der Waals surface area contributed by atoms with Crippen molar-refractivity contribution in [2.45, 2.75) is 25.4 Å². The van der Waals surface area contributed by atoms with Crippen molar-refractivity contribution in [2.24, 2.45) is 7.05 Å². The Hall–Kier alpha value is -2.01. The summed E-state index contributed by atoms with van der Waals surface area (Å²) in [5.41, 5.74) is 6.67. The van der Waals surface area contributed by atoms with Crippen LogP contribution in [0.4, 0.5) is 5.69 Å². The molecule has 6 heteroatoms. The number of benzene rings is 1. The lowest BCUT2D eigenvalue weighted by Gasteiger charge is -2.23. The van der Waals surface area contributed by atoms with E-state index in [0.717, 1.165) is 18.7 Å². The number of rotatable bonds is 4. The van der Waals surface area contributed by atoms with Gasteiger partial charge in [-0.25, -0.2) is 4.98 Å². The van der Waals surface area contributed by atoms with Gasteiger partial charge in [-0.2, -0.15) is 0 Å². The molecule has 1 amide bonds. The highest BCUT2D eigenvalue weighted by Gasteiger charge is 2.34. The van der Waals surface area contributed by atoms with Crippen LogP contribution < -0.4 is 5.73 Å². The highest BCUT2D eigenvalue weighted by molar-refractivity contribution is 6.36. The summed E-state index contributed by atoms with van der Waals surface area (Å²) >= 11 is 6.18. The Kier molecular flexibility index (Phi) is 3.59. The van der Waals surface area contributed by atoms with Gasteiger partial charge in [-0.1, -0.05) is 17.7 Å². The van der Waals surface area contributed by atoms with Crippen LogP contribution in [-0.2, 0) is 13.6 Å². The second kappa shape index (κ2) is 5.41. The minimum atomic E-state index is -0.0854. The quantitative estimate of drug-likeness (QED) is 0.883. The Balaban J connectivity index is 1.89. The molecule has 1 aromatic carbocycles. The van der Waals surface area contributed by atoms with Crippen LogP contribution in [0.2, 0.25) is 5.02 Å². The largest absolute Gasteiger partial charge is 0.398 e. The molecule has 0 atom stereocenters. The van der Waals surface area contributed by atoms with Crippen molar-refractivity contribution in [3.05, 3.63) is 47.0 Å². The number of aromatic nitrogens is 2. The van der Waals surface area contributed by atoms with E-state index in [-0.39, 0.29) is 11.9 Å². The van der Waals surface area contributed by atoms with Crippen molar-refractivity contribution in [3.8, 4) is 0 Å². The third-order valence-electron chi connectivity index (χ3n) is 3.74. The maximum absolute atomic E-state index is 12.8. The zero-order valence-corrected chi connectivity index (χ0v) is 12.5. The molecule has 3 rings (SSSR count). The second-order valence-corrected chi connectivity index (χ2v) is 5.71.